The molecule has 0 aromatic carbocycles. The van der Waals surface area contributed by atoms with Crippen molar-refractivity contribution in [2.75, 3.05) is 0 Å². The SMILES string of the molecule is Cc1nn(C)cc1C(=O)/C=C/c1ccc(Cn2nc(C)c([N+](=O)[O-])c2C)o1. The van der Waals surface area contributed by atoms with Crippen LogP contribution in [0.15, 0.2) is 28.8 Å². The molecule has 0 spiro atoms. The van der Waals surface area contributed by atoms with Crippen LogP contribution in [0, 0.1) is 30.9 Å². The number of aryl methyl sites for hydroxylation is 3. The van der Waals surface area contributed by atoms with Gasteiger partial charge in [-0.15, -0.1) is 0 Å². The number of furan rings is 1. The molecule has 0 radical (unpaired) electrons. The molecular formula is C18H19N5O4. The Kier molecular flexibility index (Phi) is 4.76. The summed E-state index contributed by atoms with van der Waals surface area (Å²) in [6.07, 6.45) is 4.69. The highest BCUT2D eigenvalue weighted by molar-refractivity contribution is 6.07. The van der Waals surface area contributed by atoms with Gasteiger partial charge in [-0.2, -0.15) is 10.2 Å². The lowest BCUT2D eigenvalue weighted by molar-refractivity contribution is -0.386. The second-order valence-electron chi connectivity index (χ2n) is 6.24. The molecule has 3 aromatic rings. The Labute approximate surface area is 155 Å². The Balaban J connectivity index is 1.74. The normalized spacial score (nSPS) is 11.4. The highest BCUT2D eigenvalue weighted by Gasteiger charge is 2.22. The molecule has 0 aliphatic rings. The molecular weight excluding hydrogens is 350 g/mol. The average Bonchev–Trinajstić information content (AvgIpc) is 3.24. The van der Waals surface area contributed by atoms with E-state index in [1.54, 1.807) is 56.9 Å². The summed E-state index contributed by atoms with van der Waals surface area (Å²) in [6.45, 7) is 5.30. The van der Waals surface area contributed by atoms with E-state index in [0.29, 0.717) is 34.2 Å². The molecule has 3 aromatic heterocycles. The summed E-state index contributed by atoms with van der Waals surface area (Å²) in [5.74, 6) is 0.934. The molecule has 0 atom stereocenters. The Morgan fingerprint density at radius 3 is 2.59 bits per heavy atom. The van der Waals surface area contributed by atoms with Gasteiger partial charge < -0.3 is 4.42 Å². The van der Waals surface area contributed by atoms with E-state index in [-0.39, 0.29) is 18.0 Å². The fourth-order valence-electron chi connectivity index (χ4n) is 2.91. The van der Waals surface area contributed by atoms with Gasteiger partial charge in [0.25, 0.3) is 0 Å². The molecule has 0 aliphatic heterocycles. The average molecular weight is 369 g/mol. The lowest BCUT2D eigenvalue weighted by Crippen LogP contribution is -2.03. The molecule has 9 heteroatoms. The van der Waals surface area contributed by atoms with Crippen LogP contribution >= 0.6 is 0 Å². The molecule has 140 valence electrons. The third-order valence-electron chi connectivity index (χ3n) is 4.19. The Morgan fingerprint density at radius 2 is 2.00 bits per heavy atom. The van der Waals surface area contributed by atoms with Crippen LogP contribution in [-0.2, 0) is 13.6 Å². The summed E-state index contributed by atoms with van der Waals surface area (Å²) in [4.78, 5) is 22.9. The van der Waals surface area contributed by atoms with Crippen molar-refractivity contribution < 1.29 is 14.1 Å². The van der Waals surface area contributed by atoms with E-state index in [1.165, 1.54) is 10.8 Å². The first-order chi connectivity index (χ1) is 12.8. The van der Waals surface area contributed by atoms with Crippen molar-refractivity contribution in [3.63, 3.8) is 0 Å². The predicted molar refractivity (Wildman–Crippen MR) is 97.5 cm³/mol. The van der Waals surface area contributed by atoms with Gasteiger partial charge in [-0.1, -0.05) is 0 Å². The summed E-state index contributed by atoms with van der Waals surface area (Å²) >= 11 is 0. The molecule has 3 rings (SSSR count). The van der Waals surface area contributed by atoms with Crippen LogP contribution < -0.4 is 0 Å². The van der Waals surface area contributed by atoms with Crippen molar-refractivity contribution in [1.29, 1.82) is 0 Å². The first kappa shape index (κ1) is 18.3. The molecule has 0 aliphatic carbocycles. The maximum Gasteiger partial charge on any atom is 0.312 e. The van der Waals surface area contributed by atoms with Crippen molar-refractivity contribution in [2.45, 2.75) is 27.3 Å². The lowest BCUT2D eigenvalue weighted by atomic mass is 10.1. The fourth-order valence-corrected chi connectivity index (χ4v) is 2.91. The topological polar surface area (TPSA) is 109 Å². The number of carbonyl (C=O) groups excluding carboxylic acids is 1. The molecule has 3 heterocycles. The van der Waals surface area contributed by atoms with Gasteiger partial charge in [0.1, 0.15) is 22.9 Å². The minimum atomic E-state index is -0.434. The number of allylic oxidation sites excluding steroid dienone is 1. The predicted octanol–water partition coefficient (Wildman–Crippen LogP) is 2.99. The van der Waals surface area contributed by atoms with Crippen LogP contribution in [0.4, 0.5) is 5.69 Å². The second-order valence-corrected chi connectivity index (χ2v) is 6.24. The number of aromatic nitrogens is 4. The molecule has 0 unspecified atom stereocenters. The molecule has 0 N–H and O–H groups in total. The number of hydrogen-bond donors (Lipinski definition) is 0. The van der Waals surface area contributed by atoms with Crippen molar-refractivity contribution in [3.8, 4) is 0 Å². The first-order valence-corrected chi connectivity index (χ1v) is 8.26. The van der Waals surface area contributed by atoms with Gasteiger partial charge in [-0.25, -0.2) is 0 Å². The van der Waals surface area contributed by atoms with Crippen molar-refractivity contribution in [1.82, 2.24) is 19.6 Å². The Hall–Kier alpha value is -3.49. The quantitative estimate of drug-likeness (QED) is 0.286. The van der Waals surface area contributed by atoms with Crippen LogP contribution in [0.2, 0.25) is 0 Å². The number of nitro groups is 1. The van der Waals surface area contributed by atoms with Gasteiger partial charge in [0.2, 0.25) is 0 Å². The minimum absolute atomic E-state index is 0.0131. The second kappa shape index (κ2) is 7.02. The van der Waals surface area contributed by atoms with Gasteiger partial charge in [0, 0.05) is 13.2 Å². The van der Waals surface area contributed by atoms with Crippen molar-refractivity contribution in [3.05, 3.63) is 68.7 Å². The van der Waals surface area contributed by atoms with E-state index in [4.69, 9.17) is 4.42 Å². The van der Waals surface area contributed by atoms with E-state index in [2.05, 4.69) is 10.2 Å². The smallest absolute Gasteiger partial charge is 0.312 e. The number of carbonyl (C=O) groups is 1. The van der Waals surface area contributed by atoms with Gasteiger partial charge in [0.05, 0.1) is 22.7 Å². The van der Waals surface area contributed by atoms with E-state index in [0.717, 1.165) is 0 Å². The number of ketones is 1. The van der Waals surface area contributed by atoms with E-state index >= 15 is 0 Å². The zero-order valence-electron chi connectivity index (χ0n) is 15.5. The largest absolute Gasteiger partial charge is 0.460 e. The van der Waals surface area contributed by atoms with Crippen LogP contribution in [-0.4, -0.2) is 30.3 Å². The minimum Gasteiger partial charge on any atom is -0.460 e. The third-order valence-corrected chi connectivity index (χ3v) is 4.19. The maximum atomic E-state index is 12.2. The Bertz CT molecular complexity index is 1050. The van der Waals surface area contributed by atoms with Gasteiger partial charge in [0.15, 0.2) is 5.78 Å². The number of hydrogen-bond acceptors (Lipinski definition) is 6. The monoisotopic (exact) mass is 369 g/mol. The van der Waals surface area contributed by atoms with Crippen molar-refractivity contribution >= 4 is 17.5 Å². The molecule has 9 nitrogen and oxygen atoms in total. The number of rotatable bonds is 6. The molecule has 0 fully saturated rings. The fraction of sp³-hybridized carbons (Fsp3) is 0.278. The highest BCUT2D eigenvalue weighted by Crippen LogP contribution is 2.23. The number of nitrogens with zero attached hydrogens (tertiary/aromatic N) is 5. The van der Waals surface area contributed by atoms with Gasteiger partial charge in [-0.3, -0.25) is 24.3 Å². The maximum absolute atomic E-state index is 12.2. The molecule has 0 saturated carbocycles. The summed E-state index contributed by atoms with van der Waals surface area (Å²) in [5, 5.41) is 19.4. The Morgan fingerprint density at radius 1 is 1.26 bits per heavy atom. The molecule has 0 amide bonds. The first-order valence-electron chi connectivity index (χ1n) is 8.26. The molecule has 0 saturated heterocycles. The van der Waals surface area contributed by atoms with E-state index in [1.807, 2.05) is 0 Å². The van der Waals surface area contributed by atoms with Crippen LogP contribution in [0.3, 0.4) is 0 Å². The summed E-state index contributed by atoms with van der Waals surface area (Å²) in [5.41, 5.74) is 2.04. The highest BCUT2D eigenvalue weighted by atomic mass is 16.6. The molecule has 27 heavy (non-hydrogen) atoms. The molecule has 0 bridgehead atoms. The van der Waals surface area contributed by atoms with E-state index in [9.17, 15) is 14.9 Å². The summed E-state index contributed by atoms with van der Waals surface area (Å²) in [6, 6.07) is 3.48. The summed E-state index contributed by atoms with van der Waals surface area (Å²) in [7, 11) is 1.76. The summed E-state index contributed by atoms with van der Waals surface area (Å²) < 4.78 is 8.81. The van der Waals surface area contributed by atoms with Gasteiger partial charge >= 0.3 is 5.69 Å². The van der Waals surface area contributed by atoms with E-state index < -0.39 is 4.92 Å². The van der Waals surface area contributed by atoms with Crippen LogP contribution in [0.5, 0.6) is 0 Å². The zero-order valence-corrected chi connectivity index (χ0v) is 15.5. The van der Waals surface area contributed by atoms with Crippen molar-refractivity contribution in [2.24, 2.45) is 7.05 Å². The standard InChI is InChI=1S/C18H19N5O4/c1-11-16(10-21(4)19-11)17(24)8-7-14-5-6-15(27-14)9-22-13(3)18(23(25)26)12(2)20-22/h5-8,10H,9H2,1-4H3/b8-7+. The van der Waals surface area contributed by atoms with Crippen LogP contribution in [0.25, 0.3) is 6.08 Å². The lowest BCUT2D eigenvalue weighted by Gasteiger charge is -2.00. The third kappa shape index (κ3) is 3.71. The zero-order chi connectivity index (χ0) is 19.7. The van der Waals surface area contributed by atoms with Crippen LogP contribution in [0.1, 0.15) is 39.0 Å². The van der Waals surface area contributed by atoms with Gasteiger partial charge in [-0.05, 0) is 45.1 Å².